The van der Waals surface area contributed by atoms with Crippen LogP contribution in [0.15, 0.2) is 39.9 Å². The number of nitrogens with one attached hydrogen (secondary N) is 1. The summed E-state index contributed by atoms with van der Waals surface area (Å²) in [4.78, 5) is 12.1. The van der Waals surface area contributed by atoms with E-state index in [4.69, 9.17) is 9.47 Å². The number of hydrogen-bond acceptors (Lipinski definition) is 5. The van der Waals surface area contributed by atoms with E-state index in [9.17, 15) is 9.90 Å². The van der Waals surface area contributed by atoms with E-state index in [1.54, 1.807) is 37.3 Å². The lowest BCUT2D eigenvalue weighted by Gasteiger charge is -2.04. The molecule has 0 fully saturated rings. The first kappa shape index (κ1) is 15.4. The lowest BCUT2D eigenvalue weighted by molar-refractivity contribution is 0.0954. The summed E-state index contributed by atoms with van der Waals surface area (Å²) < 4.78 is 11.2. The van der Waals surface area contributed by atoms with Crippen LogP contribution in [0.1, 0.15) is 21.5 Å². The molecule has 0 saturated heterocycles. The summed E-state index contributed by atoms with van der Waals surface area (Å²) >= 11 is 3.35. The summed E-state index contributed by atoms with van der Waals surface area (Å²) in [6.45, 7) is 1.93. The highest BCUT2D eigenvalue weighted by Crippen LogP contribution is 2.32. The highest BCUT2D eigenvalue weighted by molar-refractivity contribution is 9.10. The van der Waals surface area contributed by atoms with E-state index in [0.717, 1.165) is 4.47 Å². The molecule has 118 valence electrons. The quantitative estimate of drug-likeness (QED) is 0.637. The molecular formula is C16H13BrN2O4. The van der Waals surface area contributed by atoms with Gasteiger partial charge in [0.15, 0.2) is 11.5 Å². The minimum Gasteiger partial charge on any atom is -0.507 e. The maximum atomic E-state index is 12.1. The number of hydrogen-bond donors (Lipinski definition) is 2. The first-order chi connectivity index (χ1) is 11.0. The smallest absolute Gasteiger partial charge is 0.271 e. The van der Waals surface area contributed by atoms with Gasteiger partial charge in [-0.05, 0) is 42.8 Å². The Morgan fingerprint density at radius 3 is 2.91 bits per heavy atom. The van der Waals surface area contributed by atoms with E-state index in [2.05, 4.69) is 26.5 Å². The second-order valence-corrected chi connectivity index (χ2v) is 5.84. The van der Waals surface area contributed by atoms with Crippen LogP contribution in [0.25, 0.3) is 0 Å². The Balaban J connectivity index is 1.72. The van der Waals surface area contributed by atoms with E-state index in [0.29, 0.717) is 28.2 Å². The van der Waals surface area contributed by atoms with Crippen molar-refractivity contribution < 1.29 is 19.4 Å². The molecule has 1 heterocycles. The molecule has 3 rings (SSSR count). The van der Waals surface area contributed by atoms with Crippen molar-refractivity contribution in [3.8, 4) is 17.2 Å². The fourth-order valence-corrected chi connectivity index (χ4v) is 2.71. The number of carbonyl (C=O) groups is 1. The van der Waals surface area contributed by atoms with Gasteiger partial charge in [-0.15, -0.1) is 0 Å². The van der Waals surface area contributed by atoms with Crippen molar-refractivity contribution >= 4 is 28.1 Å². The Morgan fingerprint density at radius 1 is 1.30 bits per heavy atom. The molecule has 0 atom stereocenters. The number of hydrazone groups is 1. The summed E-state index contributed by atoms with van der Waals surface area (Å²) in [7, 11) is 0. The number of phenolic OH excluding ortho intramolecular Hbond substituents is 1. The molecule has 2 aromatic rings. The monoisotopic (exact) mass is 376 g/mol. The number of nitrogens with zero attached hydrogens (tertiary/aromatic N) is 1. The highest BCUT2D eigenvalue weighted by atomic mass is 79.9. The standard InChI is InChI=1S/C16H13BrN2O4/c1-9-4-12(17)5-11(15(9)20)7-18-19-16(21)10-2-3-13-14(6-10)23-8-22-13/h2-7,20H,8H2,1H3,(H,19,21)/b18-7-. The molecule has 0 unspecified atom stereocenters. The van der Waals surface area contributed by atoms with Gasteiger partial charge in [-0.2, -0.15) is 5.10 Å². The van der Waals surface area contributed by atoms with Crippen LogP contribution in [0.4, 0.5) is 0 Å². The van der Waals surface area contributed by atoms with Crippen molar-refractivity contribution in [3.63, 3.8) is 0 Å². The number of amides is 1. The number of rotatable bonds is 3. The molecule has 7 heteroatoms. The highest BCUT2D eigenvalue weighted by Gasteiger charge is 2.15. The van der Waals surface area contributed by atoms with E-state index in [-0.39, 0.29) is 18.4 Å². The summed E-state index contributed by atoms with van der Waals surface area (Å²) in [6, 6.07) is 8.38. The van der Waals surface area contributed by atoms with Gasteiger partial charge in [0.05, 0.1) is 6.21 Å². The molecule has 6 nitrogen and oxygen atoms in total. The Kier molecular flexibility index (Phi) is 4.20. The van der Waals surface area contributed by atoms with E-state index >= 15 is 0 Å². The number of ether oxygens (including phenoxy) is 2. The van der Waals surface area contributed by atoms with Gasteiger partial charge in [0.25, 0.3) is 5.91 Å². The van der Waals surface area contributed by atoms with Crippen LogP contribution in [0.2, 0.25) is 0 Å². The Morgan fingerprint density at radius 2 is 2.09 bits per heavy atom. The van der Waals surface area contributed by atoms with Crippen LogP contribution in [-0.2, 0) is 0 Å². The van der Waals surface area contributed by atoms with Crippen LogP contribution in [0.3, 0.4) is 0 Å². The van der Waals surface area contributed by atoms with Gasteiger partial charge in [0.1, 0.15) is 5.75 Å². The topological polar surface area (TPSA) is 80.2 Å². The summed E-state index contributed by atoms with van der Waals surface area (Å²) in [5.74, 6) is 0.876. The SMILES string of the molecule is Cc1cc(Br)cc(/C=N\NC(=O)c2ccc3c(c2)OCO3)c1O. The molecule has 0 saturated carbocycles. The van der Waals surface area contributed by atoms with Gasteiger partial charge >= 0.3 is 0 Å². The molecule has 0 aliphatic carbocycles. The summed E-state index contributed by atoms with van der Waals surface area (Å²) in [5.41, 5.74) is 4.03. The van der Waals surface area contributed by atoms with Crippen LogP contribution in [0, 0.1) is 6.92 Å². The molecule has 2 aromatic carbocycles. The molecule has 1 amide bonds. The van der Waals surface area contributed by atoms with Crippen molar-refractivity contribution in [2.75, 3.05) is 6.79 Å². The summed E-state index contributed by atoms with van der Waals surface area (Å²) in [5, 5.41) is 13.8. The largest absolute Gasteiger partial charge is 0.507 e. The molecule has 0 spiro atoms. The number of aryl methyl sites for hydroxylation is 1. The van der Waals surface area contributed by atoms with Crippen LogP contribution in [0.5, 0.6) is 17.2 Å². The van der Waals surface area contributed by atoms with Gasteiger partial charge in [-0.1, -0.05) is 15.9 Å². The average molecular weight is 377 g/mol. The Hall–Kier alpha value is -2.54. The third kappa shape index (κ3) is 3.29. The van der Waals surface area contributed by atoms with Gasteiger partial charge in [-0.3, -0.25) is 4.79 Å². The minimum absolute atomic E-state index is 0.120. The fourth-order valence-electron chi connectivity index (χ4n) is 2.12. The molecule has 1 aliphatic heterocycles. The number of fused-ring (bicyclic) bond motifs is 1. The van der Waals surface area contributed by atoms with Crippen LogP contribution in [-0.4, -0.2) is 24.0 Å². The lowest BCUT2D eigenvalue weighted by atomic mass is 10.1. The van der Waals surface area contributed by atoms with Crippen molar-refractivity contribution in [3.05, 3.63) is 51.5 Å². The van der Waals surface area contributed by atoms with Crippen molar-refractivity contribution in [1.82, 2.24) is 5.43 Å². The lowest BCUT2D eigenvalue weighted by Crippen LogP contribution is -2.17. The van der Waals surface area contributed by atoms with E-state index < -0.39 is 0 Å². The Labute approximate surface area is 140 Å². The van der Waals surface area contributed by atoms with Gasteiger partial charge in [0, 0.05) is 15.6 Å². The van der Waals surface area contributed by atoms with Crippen molar-refractivity contribution in [2.45, 2.75) is 6.92 Å². The maximum Gasteiger partial charge on any atom is 0.271 e. The zero-order valence-electron chi connectivity index (χ0n) is 12.2. The minimum atomic E-state index is -0.384. The number of halogens is 1. The number of aromatic hydroxyl groups is 1. The van der Waals surface area contributed by atoms with Crippen molar-refractivity contribution in [1.29, 1.82) is 0 Å². The predicted octanol–water partition coefficient (Wildman–Crippen LogP) is 2.96. The van der Waals surface area contributed by atoms with Gasteiger partial charge in [-0.25, -0.2) is 5.43 Å². The third-order valence-electron chi connectivity index (χ3n) is 3.30. The zero-order chi connectivity index (χ0) is 16.4. The molecule has 0 radical (unpaired) electrons. The average Bonchev–Trinajstić information content (AvgIpc) is 2.99. The number of phenols is 1. The van der Waals surface area contributed by atoms with Gasteiger partial charge in [0.2, 0.25) is 6.79 Å². The maximum absolute atomic E-state index is 12.1. The fraction of sp³-hybridized carbons (Fsp3) is 0.125. The number of carbonyl (C=O) groups excluding carboxylic acids is 1. The first-order valence-corrected chi connectivity index (χ1v) is 7.56. The predicted molar refractivity (Wildman–Crippen MR) is 88.2 cm³/mol. The first-order valence-electron chi connectivity index (χ1n) is 6.77. The molecule has 23 heavy (non-hydrogen) atoms. The second-order valence-electron chi connectivity index (χ2n) is 4.93. The van der Waals surface area contributed by atoms with E-state index in [1.165, 1.54) is 6.21 Å². The summed E-state index contributed by atoms with van der Waals surface area (Å²) in [6.07, 6.45) is 1.39. The molecular weight excluding hydrogens is 364 g/mol. The molecule has 0 bridgehead atoms. The molecule has 0 aromatic heterocycles. The zero-order valence-corrected chi connectivity index (χ0v) is 13.8. The molecule has 2 N–H and O–H groups in total. The van der Waals surface area contributed by atoms with E-state index in [1.807, 2.05) is 0 Å². The normalized spacial score (nSPS) is 12.6. The third-order valence-corrected chi connectivity index (χ3v) is 3.76. The second kappa shape index (κ2) is 6.29. The van der Waals surface area contributed by atoms with Crippen LogP contribution < -0.4 is 14.9 Å². The van der Waals surface area contributed by atoms with Crippen LogP contribution >= 0.6 is 15.9 Å². The molecule has 1 aliphatic rings. The number of benzene rings is 2. The van der Waals surface area contributed by atoms with Crippen molar-refractivity contribution in [2.24, 2.45) is 5.10 Å². The Bertz CT molecular complexity index is 805. The van der Waals surface area contributed by atoms with Gasteiger partial charge < -0.3 is 14.6 Å².